The molecule has 2 heterocycles. The van der Waals surface area contributed by atoms with Gasteiger partial charge in [0.15, 0.2) is 11.2 Å². The maximum atomic E-state index is 12.5. The van der Waals surface area contributed by atoms with Gasteiger partial charge in [-0.25, -0.2) is 14.6 Å². The van der Waals surface area contributed by atoms with Crippen LogP contribution >= 0.6 is 34.5 Å². The number of methoxy groups -OCH3 is 1. The lowest BCUT2D eigenvalue weighted by molar-refractivity contribution is -0.146. The van der Waals surface area contributed by atoms with E-state index in [-0.39, 0.29) is 12.6 Å². The highest BCUT2D eigenvalue weighted by Crippen LogP contribution is 2.37. The molecule has 0 N–H and O–H groups in total. The van der Waals surface area contributed by atoms with Gasteiger partial charge >= 0.3 is 12.1 Å². The van der Waals surface area contributed by atoms with Crippen LogP contribution in [-0.4, -0.2) is 60.8 Å². The number of ether oxygens (including phenoxy) is 2. The van der Waals surface area contributed by atoms with Gasteiger partial charge in [0.1, 0.15) is 0 Å². The number of hydrogen-bond donors (Lipinski definition) is 0. The highest BCUT2D eigenvalue weighted by molar-refractivity contribution is 7.16. The zero-order valence-corrected chi connectivity index (χ0v) is 21.8. The van der Waals surface area contributed by atoms with Crippen molar-refractivity contribution in [2.24, 2.45) is 5.92 Å². The van der Waals surface area contributed by atoms with E-state index in [9.17, 15) is 9.59 Å². The number of aromatic nitrogens is 1. The van der Waals surface area contributed by atoms with Gasteiger partial charge in [-0.15, -0.1) is 11.3 Å². The van der Waals surface area contributed by atoms with E-state index in [2.05, 4.69) is 13.8 Å². The molecular formula is C23H29Cl2N3O4S. The average Bonchev–Trinajstić information content (AvgIpc) is 3.17. The fourth-order valence-electron chi connectivity index (χ4n) is 3.63. The molecule has 1 saturated heterocycles. The second-order valence-corrected chi connectivity index (χ2v) is 10.5. The molecule has 1 unspecified atom stereocenters. The number of piperazine rings is 1. The van der Waals surface area contributed by atoms with Crippen molar-refractivity contribution in [2.45, 2.75) is 46.3 Å². The first-order chi connectivity index (χ1) is 15.6. The number of carbonyl (C=O) groups is 2. The highest BCUT2D eigenvalue weighted by Gasteiger charge is 2.38. The van der Waals surface area contributed by atoms with Gasteiger partial charge in [0, 0.05) is 23.5 Å². The van der Waals surface area contributed by atoms with Crippen molar-refractivity contribution >= 4 is 51.7 Å². The van der Waals surface area contributed by atoms with E-state index in [0.29, 0.717) is 29.1 Å². The zero-order chi connectivity index (χ0) is 24.3. The molecule has 0 radical (unpaired) electrons. The van der Waals surface area contributed by atoms with Crippen molar-refractivity contribution < 1.29 is 19.1 Å². The monoisotopic (exact) mass is 513 g/mol. The van der Waals surface area contributed by atoms with Gasteiger partial charge in [-0.1, -0.05) is 43.1 Å². The third-order valence-corrected chi connectivity index (χ3v) is 7.05. The summed E-state index contributed by atoms with van der Waals surface area (Å²) in [6, 6.07) is 4.72. The molecule has 0 spiro atoms. The number of thiazole rings is 1. The van der Waals surface area contributed by atoms with E-state index in [1.165, 1.54) is 12.0 Å². The first kappa shape index (κ1) is 25.6. The maximum Gasteiger partial charge on any atom is 0.410 e. The zero-order valence-electron chi connectivity index (χ0n) is 19.4. The summed E-state index contributed by atoms with van der Waals surface area (Å²) in [5, 5.41) is 1.76. The van der Waals surface area contributed by atoms with Gasteiger partial charge in [-0.3, -0.25) is 4.90 Å². The molecule has 1 aliphatic rings. The van der Waals surface area contributed by atoms with E-state index in [1.807, 2.05) is 17.0 Å². The number of amides is 1. The lowest BCUT2D eigenvalue weighted by Gasteiger charge is -2.39. The van der Waals surface area contributed by atoms with Crippen molar-refractivity contribution in [1.82, 2.24) is 9.88 Å². The molecule has 1 amide bonds. The van der Waals surface area contributed by atoms with Crippen molar-refractivity contribution in [3.63, 3.8) is 0 Å². The van der Waals surface area contributed by atoms with E-state index in [4.69, 9.17) is 37.7 Å². The number of nitrogens with zero attached hydrogens (tertiary/aromatic N) is 3. The summed E-state index contributed by atoms with van der Waals surface area (Å²) >= 11 is 14.0. The Morgan fingerprint density at radius 2 is 1.91 bits per heavy atom. The number of benzene rings is 1. The lowest BCUT2D eigenvalue weighted by atomic mass is 10.0. The van der Waals surface area contributed by atoms with Crippen LogP contribution in [0, 0.1) is 5.92 Å². The minimum atomic E-state index is -0.777. The van der Waals surface area contributed by atoms with E-state index < -0.39 is 18.1 Å². The molecule has 1 aromatic heterocycles. The number of carbonyl (C=O) groups excluding carboxylic acids is 2. The Labute approximate surface area is 208 Å². The van der Waals surface area contributed by atoms with Gasteiger partial charge in [-0.05, 0) is 38.3 Å². The van der Waals surface area contributed by atoms with E-state index >= 15 is 0 Å². The fraction of sp³-hybridized carbons (Fsp3) is 0.522. The topological polar surface area (TPSA) is 72.0 Å². The van der Waals surface area contributed by atoms with E-state index in [1.54, 1.807) is 31.3 Å². The molecule has 1 fully saturated rings. The summed E-state index contributed by atoms with van der Waals surface area (Å²) in [6.45, 7) is 8.99. The third-order valence-electron chi connectivity index (χ3n) is 5.17. The van der Waals surface area contributed by atoms with Crippen LogP contribution in [0.3, 0.4) is 0 Å². The number of rotatable bonds is 6. The predicted octanol–water partition coefficient (Wildman–Crippen LogP) is 5.52. The molecule has 33 heavy (non-hydrogen) atoms. The van der Waals surface area contributed by atoms with Crippen molar-refractivity contribution in [3.05, 3.63) is 33.1 Å². The van der Waals surface area contributed by atoms with Crippen LogP contribution in [0.2, 0.25) is 10.0 Å². The Hall–Kier alpha value is -2.03. The highest BCUT2D eigenvalue weighted by atomic mass is 35.5. The molecule has 2 aromatic rings. The van der Waals surface area contributed by atoms with Crippen LogP contribution in [-0.2, 0) is 20.7 Å². The van der Waals surface area contributed by atoms with Crippen LogP contribution in [0.1, 0.15) is 32.6 Å². The predicted molar refractivity (Wildman–Crippen MR) is 132 cm³/mol. The lowest BCUT2D eigenvalue weighted by Crippen LogP contribution is -2.59. The minimum absolute atomic E-state index is 0.273. The largest absolute Gasteiger partial charge is 0.467 e. The third kappa shape index (κ3) is 6.11. The van der Waals surface area contributed by atoms with Crippen molar-refractivity contribution in [2.75, 3.05) is 31.6 Å². The summed E-state index contributed by atoms with van der Waals surface area (Å²) in [5.74, 6) is -0.0469. The molecule has 180 valence electrons. The molecule has 0 aliphatic carbocycles. The van der Waals surface area contributed by atoms with Gasteiger partial charge in [0.25, 0.3) is 0 Å². The van der Waals surface area contributed by atoms with Crippen LogP contribution < -0.4 is 4.90 Å². The van der Waals surface area contributed by atoms with Gasteiger partial charge in [-0.2, -0.15) is 0 Å². The van der Waals surface area contributed by atoms with Crippen LogP contribution in [0.5, 0.6) is 0 Å². The Morgan fingerprint density at radius 3 is 2.52 bits per heavy atom. The van der Waals surface area contributed by atoms with Crippen LogP contribution in [0.25, 0.3) is 11.3 Å². The molecule has 1 aromatic carbocycles. The molecule has 1 atom stereocenters. The standard InChI is InChI=1S/C23H29Cl2N3O4S/c1-13(2)10-19-20(15-6-7-16(24)17(25)11-15)26-22(33-19)27-8-9-28(23(30)32-14(3)4)18(12-27)21(29)31-5/h6-7,11,13-14,18H,8-10,12H2,1-5H3. The number of esters is 1. The Balaban J connectivity index is 1.92. The van der Waals surface area contributed by atoms with Gasteiger partial charge < -0.3 is 14.4 Å². The van der Waals surface area contributed by atoms with E-state index in [0.717, 1.165) is 27.7 Å². The molecule has 0 saturated carbocycles. The molecule has 7 nitrogen and oxygen atoms in total. The molecule has 3 rings (SSSR count). The number of halogens is 2. The summed E-state index contributed by atoms with van der Waals surface area (Å²) in [7, 11) is 1.32. The molecule has 10 heteroatoms. The first-order valence-corrected chi connectivity index (χ1v) is 12.4. The maximum absolute atomic E-state index is 12.5. The van der Waals surface area contributed by atoms with Crippen molar-refractivity contribution in [1.29, 1.82) is 0 Å². The molecule has 0 bridgehead atoms. The van der Waals surface area contributed by atoms with Gasteiger partial charge in [0.05, 0.1) is 35.5 Å². The summed E-state index contributed by atoms with van der Waals surface area (Å²) in [5.41, 5.74) is 1.75. The Kier molecular flexibility index (Phi) is 8.48. The van der Waals surface area contributed by atoms with Crippen molar-refractivity contribution in [3.8, 4) is 11.3 Å². The number of anilines is 1. The quantitative estimate of drug-likeness (QED) is 0.473. The summed E-state index contributed by atoms with van der Waals surface area (Å²) in [6.07, 6.45) is 0.0604. The smallest absolute Gasteiger partial charge is 0.410 e. The Morgan fingerprint density at radius 1 is 1.18 bits per heavy atom. The van der Waals surface area contributed by atoms with Gasteiger partial charge in [0.2, 0.25) is 0 Å². The average molecular weight is 514 g/mol. The Bertz CT molecular complexity index is 1010. The molecular weight excluding hydrogens is 485 g/mol. The second-order valence-electron chi connectivity index (χ2n) is 8.61. The first-order valence-electron chi connectivity index (χ1n) is 10.9. The SMILES string of the molecule is COC(=O)C1CN(c2nc(-c3ccc(Cl)c(Cl)c3)c(CC(C)C)s2)CCN1C(=O)OC(C)C. The summed E-state index contributed by atoms with van der Waals surface area (Å²) in [4.78, 5) is 34.6. The normalized spacial score (nSPS) is 16.5. The minimum Gasteiger partial charge on any atom is -0.467 e. The fourth-order valence-corrected chi connectivity index (χ4v) is 5.26. The van der Waals surface area contributed by atoms with Crippen LogP contribution in [0.4, 0.5) is 9.93 Å². The van der Waals surface area contributed by atoms with Crippen LogP contribution in [0.15, 0.2) is 18.2 Å². The second kappa shape index (κ2) is 10.9. The number of hydrogen-bond acceptors (Lipinski definition) is 7. The molecule has 1 aliphatic heterocycles. The summed E-state index contributed by atoms with van der Waals surface area (Å²) < 4.78 is 10.3.